The van der Waals surface area contributed by atoms with Crippen molar-refractivity contribution < 1.29 is 19.0 Å². The van der Waals surface area contributed by atoms with Crippen LogP contribution in [0.25, 0.3) is 11.0 Å². The van der Waals surface area contributed by atoms with Gasteiger partial charge in [0.1, 0.15) is 29.0 Å². The lowest BCUT2D eigenvalue weighted by molar-refractivity contribution is 0.00159. The average molecular weight is 491 g/mol. The van der Waals surface area contributed by atoms with E-state index in [9.17, 15) is 10.1 Å². The molecule has 0 bridgehead atoms. The van der Waals surface area contributed by atoms with Gasteiger partial charge in [-0.15, -0.1) is 0 Å². The second-order valence-electron chi connectivity index (χ2n) is 8.96. The molecule has 36 heavy (non-hydrogen) atoms. The van der Waals surface area contributed by atoms with Crippen LogP contribution in [0, 0.1) is 11.3 Å². The standard InChI is InChI=1S/C26H30N6O4/c1-34-21-13-17(26(33)32-7-5-19(6-8-32)31-9-11-36-12-10-31)3-4-20(21)29-23-14-22(35-2)24-18(15-27)16-28-25(24)30-23/h3-4,13-14,16,19H,5-12H2,1-2H3,(H2,28,29,30). The summed E-state index contributed by atoms with van der Waals surface area (Å²) in [6, 6.07) is 9.77. The van der Waals surface area contributed by atoms with E-state index in [0.29, 0.717) is 51.2 Å². The van der Waals surface area contributed by atoms with Gasteiger partial charge in [0.25, 0.3) is 5.91 Å². The molecule has 2 aliphatic rings. The maximum atomic E-state index is 13.2. The summed E-state index contributed by atoms with van der Waals surface area (Å²) < 4.78 is 16.5. The van der Waals surface area contributed by atoms with Crippen LogP contribution in [-0.2, 0) is 4.74 Å². The number of morpholine rings is 1. The van der Waals surface area contributed by atoms with Crippen molar-refractivity contribution in [2.24, 2.45) is 0 Å². The van der Waals surface area contributed by atoms with Gasteiger partial charge in [0.2, 0.25) is 0 Å². The Hall–Kier alpha value is -3.81. The zero-order valence-electron chi connectivity index (χ0n) is 20.5. The molecule has 3 aromatic rings. The number of piperidine rings is 1. The number of aromatic nitrogens is 2. The first-order valence-corrected chi connectivity index (χ1v) is 12.1. The molecule has 10 nitrogen and oxygen atoms in total. The van der Waals surface area contributed by atoms with Crippen molar-refractivity contribution in [3.8, 4) is 17.6 Å². The lowest BCUT2D eigenvalue weighted by atomic mass is 10.0. The number of anilines is 2. The number of nitriles is 1. The molecule has 1 aromatic carbocycles. The number of carbonyl (C=O) groups is 1. The number of hydrogen-bond acceptors (Lipinski definition) is 8. The van der Waals surface area contributed by atoms with Crippen molar-refractivity contribution in [3.05, 3.63) is 41.6 Å². The largest absolute Gasteiger partial charge is 0.496 e. The minimum absolute atomic E-state index is 0.0110. The van der Waals surface area contributed by atoms with E-state index < -0.39 is 0 Å². The summed E-state index contributed by atoms with van der Waals surface area (Å²) >= 11 is 0. The van der Waals surface area contributed by atoms with Crippen LogP contribution >= 0.6 is 0 Å². The summed E-state index contributed by atoms with van der Waals surface area (Å²) in [5, 5.41) is 13.2. The van der Waals surface area contributed by atoms with Gasteiger partial charge in [0.15, 0.2) is 0 Å². The number of benzene rings is 1. The van der Waals surface area contributed by atoms with Crippen LogP contribution in [0.3, 0.4) is 0 Å². The number of nitrogens with zero attached hydrogens (tertiary/aromatic N) is 4. The molecule has 1 amide bonds. The van der Waals surface area contributed by atoms with Gasteiger partial charge >= 0.3 is 0 Å². The van der Waals surface area contributed by atoms with Crippen molar-refractivity contribution in [2.45, 2.75) is 18.9 Å². The molecular formula is C26H30N6O4. The maximum absolute atomic E-state index is 13.2. The van der Waals surface area contributed by atoms with E-state index in [0.717, 1.165) is 52.2 Å². The number of methoxy groups -OCH3 is 2. The van der Waals surface area contributed by atoms with Gasteiger partial charge in [0.05, 0.1) is 44.1 Å². The van der Waals surface area contributed by atoms with Crippen LogP contribution in [-0.4, -0.2) is 85.3 Å². The zero-order chi connectivity index (χ0) is 25.1. The highest BCUT2D eigenvalue weighted by Gasteiger charge is 2.28. The van der Waals surface area contributed by atoms with Gasteiger partial charge in [0, 0.05) is 50.0 Å². The summed E-state index contributed by atoms with van der Waals surface area (Å²) in [5.74, 6) is 1.60. The van der Waals surface area contributed by atoms with Gasteiger partial charge in [-0.05, 0) is 31.0 Å². The van der Waals surface area contributed by atoms with Gasteiger partial charge in [-0.25, -0.2) is 4.98 Å². The van der Waals surface area contributed by atoms with Crippen LogP contribution in [0.15, 0.2) is 30.5 Å². The molecule has 0 saturated carbocycles. The number of H-pyrrole nitrogens is 1. The Labute approximate surface area is 209 Å². The molecule has 2 saturated heterocycles. The molecule has 188 valence electrons. The van der Waals surface area contributed by atoms with E-state index >= 15 is 0 Å². The van der Waals surface area contributed by atoms with E-state index in [-0.39, 0.29) is 5.91 Å². The van der Waals surface area contributed by atoms with Crippen LogP contribution in [0.1, 0.15) is 28.8 Å². The first-order valence-electron chi connectivity index (χ1n) is 12.1. The topological polar surface area (TPSA) is 116 Å². The molecule has 4 heterocycles. The molecule has 2 N–H and O–H groups in total. The van der Waals surface area contributed by atoms with Crippen LogP contribution in [0.4, 0.5) is 11.5 Å². The summed E-state index contributed by atoms with van der Waals surface area (Å²) in [6.07, 6.45) is 3.56. The van der Waals surface area contributed by atoms with Gasteiger partial charge in [-0.1, -0.05) is 0 Å². The number of amides is 1. The van der Waals surface area contributed by atoms with E-state index in [2.05, 4.69) is 26.3 Å². The van der Waals surface area contributed by atoms with E-state index in [1.807, 2.05) is 11.0 Å². The van der Waals surface area contributed by atoms with E-state index in [4.69, 9.17) is 14.2 Å². The molecule has 0 atom stereocenters. The molecule has 2 aliphatic heterocycles. The number of ether oxygens (including phenoxy) is 3. The van der Waals surface area contributed by atoms with Gasteiger partial charge in [-0.2, -0.15) is 5.26 Å². The first kappa shape index (κ1) is 23.9. The lowest BCUT2D eigenvalue weighted by Gasteiger charge is -2.40. The quantitative estimate of drug-likeness (QED) is 0.542. The van der Waals surface area contributed by atoms with Gasteiger partial charge in [-0.3, -0.25) is 9.69 Å². The number of aromatic amines is 1. The van der Waals surface area contributed by atoms with Crippen molar-refractivity contribution in [1.29, 1.82) is 5.26 Å². The lowest BCUT2D eigenvalue weighted by Crippen LogP contribution is -2.50. The molecule has 0 unspecified atom stereocenters. The van der Waals surface area contributed by atoms with Gasteiger partial charge < -0.3 is 29.4 Å². The third-order valence-electron chi connectivity index (χ3n) is 6.97. The summed E-state index contributed by atoms with van der Waals surface area (Å²) in [6.45, 7) is 5.02. The van der Waals surface area contributed by atoms with Crippen molar-refractivity contribution in [3.63, 3.8) is 0 Å². The fourth-order valence-corrected chi connectivity index (χ4v) is 5.04. The average Bonchev–Trinajstić information content (AvgIpc) is 3.36. The normalized spacial score (nSPS) is 17.1. The molecule has 2 fully saturated rings. The highest BCUT2D eigenvalue weighted by Crippen LogP contribution is 2.34. The first-order chi connectivity index (χ1) is 17.6. The highest BCUT2D eigenvalue weighted by atomic mass is 16.5. The number of rotatable bonds is 6. The number of fused-ring (bicyclic) bond motifs is 1. The molecule has 2 aromatic heterocycles. The molecule has 10 heteroatoms. The summed E-state index contributed by atoms with van der Waals surface area (Å²) in [7, 11) is 3.13. The van der Waals surface area contributed by atoms with E-state index in [1.54, 1.807) is 38.6 Å². The van der Waals surface area contributed by atoms with Crippen LogP contribution < -0.4 is 14.8 Å². The van der Waals surface area contributed by atoms with E-state index in [1.165, 1.54) is 0 Å². The Morgan fingerprint density at radius 2 is 1.89 bits per heavy atom. The second kappa shape index (κ2) is 10.4. The van der Waals surface area contributed by atoms with Crippen LogP contribution in [0.2, 0.25) is 0 Å². The maximum Gasteiger partial charge on any atom is 0.253 e. The minimum atomic E-state index is 0.0110. The SMILES string of the molecule is COc1cc(C(=O)N2CCC(N3CCOCC3)CC2)ccc1Nc1cc(OC)c2c(C#N)c[nH]c2n1. The fraction of sp³-hybridized carbons (Fsp3) is 0.423. The monoisotopic (exact) mass is 490 g/mol. The Kier molecular flexibility index (Phi) is 6.93. The predicted molar refractivity (Wildman–Crippen MR) is 135 cm³/mol. The Morgan fingerprint density at radius 1 is 1.14 bits per heavy atom. The minimum Gasteiger partial charge on any atom is -0.496 e. The number of likely N-dealkylation sites (tertiary alicyclic amines) is 1. The summed E-state index contributed by atoms with van der Waals surface area (Å²) in [5.41, 5.74) is 2.27. The van der Waals surface area contributed by atoms with Crippen molar-refractivity contribution >= 4 is 28.4 Å². The molecule has 0 spiro atoms. The number of carbonyl (C=O) groups excluding carboxylic acids is 1. The molecular weight excluding hydrogens is 460 g/mol. The second-order valence-corrected chi connectivity index (χ2v) is 8.96. The third-order valence-corrected chi connectivity index (χ3v) is 6.97. The fourth-order valence-electron chi connectivity index (χ4n) is 5.04. The smallest absolute Gasteiger partial charge is 0.253 e. The molecule has 5 rings (SSSR count). The van der Waals surface area contributed by atoms with Crippen molar-refractivity contribution in [1.82, 2.24) is 19.8 Å². The Balaban J connectivity index is 1.30. The molecule has 0 aliphatic carbocycles. The Bertz CT molecular complexity index is 1290. The number of pyridine rings is 1. The van der Waals surface area contributed by atoms with Crippen LogP contribution in [0.5, 0.6) is 11.5 Å². The third kappa shape index (κ3) is 4.67. The predicted octanol–water partition coefficient (Wildman–Crippen LogP) is 3.13. The van der Waals surface area contributed by atoms with Crippen molar-refractivity contribution in [2.75, 3.05) is 58.9 Å². The number of hydrogen-bond donors (Lipinski definition) is 2. The Morgan fingerprint density at radius 3 is 2.58 bits per heavy atom. The zero-order valence-corrected chi connectivity index (χ0v) is 20.5. The highest BCUT2D eigenvalue weighted by molar-refractivity contribution is 5.96. The number of nitrogens with one attached hydrogen (secondary N) is 2. The summed E-state index contributed by atoms with van der Waals surface area (Å²) in [4.78, 5) is 25.2. The molecule has 0 radical (unpaired) electrons.